The zero-order chi connectivity index (χ0) is 14.4. The molecule has 1 aromatic heterocycles. The van der Waals surface area contributed by atoms with Gasteiger partial charge in [-0.15, -0.1) is 0 Å². The monoisotopic (exact) mass is 275 g/mol. The Hall–Kier alpha value is -1.88. The molecule has 1 aromatic carbocycles. The smallest absolute Gasteiger partial charge is 0.241 e. The maximum absolute atomic E-state index is 11.9. The van der Waals surface area contributed by atoms with Crippen LogP contribution in [0.2, 0.25) is 0 Å². The normalized spacial score (nSPS) is 10.9. The molecule has 0 bridgehead atoms. The molecule has 0 radical (unpaired) electrons. The van der Waals surface area contributed by atoms with Crippen molar-refractivity contribution in [2.75, 3.05) is 19.8 Å². The summed E-state index contributed by atoms with van der Waals surface area (Å²) in [7, 11) is 0. The molecule has 0 atom stereocenters. The van der Waals surface area contributed by atoms with Gasteiger partial charge < -0.3 is 10.1 Å². The molecular formula is C15H21N3O2. The van der Waals surface area contributed by atoms with E-state index < -0.39 is 0 Å². The van der Waals surface area contributed by atoms with Crippen molar-refractivity contribution in [2.45, 2.75) is 26.8 Å². The molecule has 1 amide bonds. The second-order valence-corrected chi connectivity index (χ2v) is 4.66. The van der Waals surface area contributed by atoms with Crippen LogP contribution in [0.5, 0.6) is 0 Å². The highest BCUT2D eigenvalue weighted by atomic mass is 16.5. The second kappa shape index (κ2) is 7.05. The van der Waals surface area contributed by atoms with E-state index in [0.717, 1.165) is 23.0 Å². The highest BCUT2D eigenvalue weighted by Gasteiger charge is 2.09. The van der Waals surface area contributed by atoms with Gasteiger partial charge in [0.1, 0.15) is 6.54 Å². The van der Waals surface area contributed by atoms with E-state index in [1.165, 1.54) is 0 Å². The SMILES string of the molecule is CCOCCCNC(=O)Cn1nc(C)c2ccccc21. The number of carbonyl (C=O) groups is 1. The fraction of sp³-hybridized carbons (Fsp3) is 0.467. The minimum absolute atomic E-state index is 0.0187. The summed E-state index contributed by atoms with van der Waals surface area (Å²) in [5.41, 5.74) is 1.94. The van der Waals surface area contributed by atoms with E-state index in [1.54, 1.807) is 4.68 Å². The summed E-state index contributed by atoms with van der Waals surface area (Å²) in [6.07, 6.45) is 0.832. The quantitative estimate of drug-likeness (QED) is 0.785. The number of benzene rings is 1. The Bertz CT molecular complexity index is 578. The lowest BCUT2D eigenvalue weighted by atomic mass is 10.2. The summed E-state index contributed by atoms with van der Waals surface area (Å²) < 4.78 is 6.98. The van der Waals surface area contributed by atoms with Gasteiger partial charge in [-0.25, -0.2) is 0 Å². The topological polar surface area (TPSA) is 56.1 Å². The predicted molar refractivity (Wildman–Crippen MR) is 78.6 cm³/mol. The average Bonchev–Trinajstić information content (AvgIpc) is 2.76. The van der Waals surface area contributed by atoms with E-state index in [1.807, 2.05) is 38.1 Å². The maximum Gasteiger partial charge on any atom is 0.241 e. The van der Waals surface area contributed by atoms with Gasteiger partial charge in [0, 0.05) is 25.1 Å². The molecule has 108 valence electrons. The Kier molecular flexibility index (Phi) is 5.12. The number of para-hydroxylation sites is 1. The summed E-state index contributed by atoms with van der Waals surface area (Å²) in [5, 5.41) is 8.40. The number of amides is 1. The van der Waals surface area contributed by atoms with Crippen LogP contribution < -0.4 is 5.32 Å². The van der Waals surface area contributed by atoms with Crippen LogP contribution in [0.1, 0.15) is 19.0 Å². The van der Waals surface area contributed by atoms with Gasteiger partial charge in [-0.05, 0) is 26.3 Å². The zero-order valence-electron chi connectivity index (χ0n) is 12.1. The number of rotatable bonds is 7. The van der Waals surface area contributed by atoms with E-state index >= 15 is 0 Å². The molecule has 5 heteroatoms. The lowest BCUT2D eigenvalue weighted by Gasteiger charge is -2.06. The van der Waals surface area contributed by atoms with Crippen molar-refractivity contribution in [1.29, 1.82) is 0 Å². The number of nitrogens with one attached hydrogen (secondary N) is 1. The predicted octanol–water partition coefficient (Wildman–Crippen LogP) is 1.89. The number of aryl methyl sites for hydroxylation is 1. The summed E-state index contributed by atoms with van der Waals surface area (Å²) in [4.78, 5) is 11.9. The van der Waals surface area contributed by atoms with Crippen molar-refractivity contribution in [3.05, 3.63) is 30.0 Å². The van der Waals surface area contributed by atoms with E-state index in [4.69, 9.17) is 4.74 Å². The molecule has 0 aliphatic carbocycles. The van der Waals surface area contributed by atoms with Gasteiger partial charge in [-0.3, -0.25) is 9.48 Å². The van der Waals surface area contributed by atoms with Crippen LogP contribution in [0, 0.1) is 6.92 Å². The first kappa shape index (κ1) is 14.5. The standard InChI is InChI=1S/C15H21N3O2/c1-3-20-10-6-9-16-15(19)11-18-14-8-5-4-7-13(14)12(2)17-18/h4-5,7-8H,3,6,9-11H2,1-2H3,(H,16,19). The van der Waals surface area contributed by atoms with Crippen molar-refractivity contribution < 1.29 is 9.53 Å². The fourth-order valence-corrected chi connectivity index (χ4v) is 2.15. The Morgan fingerprint density at radius 2 is 2.20 bits per heavy atom. The molecule has 0 saturated heterocycles. The molecule has 1 heterocycles. The van der Waals surface area contributed by atoms with Crippen molar-refractivity contribution in [3.8, 4) is 0 Å². The molecular weight excluding hydrogens is 254 g/mol. The van der Waals surface area contributed by atoms with Crippen LogP contribution in [0.15, 0.2) is 24.3 Å². The molecule has 0 fully saturated rings. The molecule has 2 aromatic rings. The van der Waals surface area contributed by atoms with Crippen LogP contribution in [0.25, 0.3) is 10.9 Å². The molecule has 20 heavy (non-hydrogen) atoms. The van der Waals surface area contributed by atoms with Crippen LogP contribution in [0.3, 0.4) is 0 Å². The van der Waals surface area contributed by atoms with Crippen molar-refractivity contribution in [1.82, 2.24) is 15.1 Å². The van der Waals surface area contributed by atoms with Gasteiger partial charge >= 0.3 is 0 Å². The molecule has 0 aliphatic heterocycles. The molecule has 2 rings (SSSR count). The lowest BCUT2D eigenvalue weighted by molar-refractivity contribution is -0.121. The lowest BCUT2D eigenvalue weighted by Crippen LogP contribution is -2.29. The van der Waals surface area contributed by atoms with E-state index in [-0.39, 0.29) is 12.5 Å². The Morgan fingerprint density at radius 3 is 3.00 bits per heavy atom. The van der Waals surface area contributed by atoms with Gasteiger partial charge in [0.2, 0.25) is 5.91 Å². The first-order valence-electron chi connectivity index (χ1n) is 6.99. The van der Waals surface area contributed by atoms with Crippen LogP contribution in [0.4, 0.5) is 0 Å². The third-order valence-electron chi connectivity index (χ3n) is 3.13. The van der Waals surface area contributed by atoms with Gasteiger partial charge in [-0.1, -0.05) is 18.2 Å². The molecule has 0 aliphatic rings. The minimum Gasteiger partial charge on any atom is -0.382 e. The number of carbonyl (C=O) groups excluding carboxylic acids is 1. The molecule has 0 spiro atoms. The first-order chi connectivity index (χ1) is 9.72. The van der Waals surface area contributed by atoms with Gasteiger partial charge in [-0.2, -0.15) is 5.10 Å². The third kappa shape index (κ3) is 3.57. The van der Waals surface area contributed by atoms with E-state index in [2.05, 4.69) is 10.4 Å². The fourth-order valence-electron chi connectivity index (χ4n) is 2.15. The largest absolute Gasteiger partial charge is 0.382 e. The van der Waals surface area contributed by atoms with Crippen LogP contribution in [-0.4, -0.2) is 35.4 Å². The first-order valence-corrected chi connectivity index (χ1v) is 6.99. The maximum atomic E-state index is 11.9. The van der Waals surface area contributed by atoms with Gasteiger partial charge in [0.15, 0.2) is 0 Å². The van der Waals surface area contributed by atoms with E-state index in [0.29, 0.717) is 19.8 Å². The average molecular weight is 275 g/mol. The number of nitrogens with zero attached hydrogens (tertiary/aromatic N) is 2. The number of ether oxygens (including phenoxy) is 1. The highest BCUT2D eigenvalue weighted by Crippen LogP contribution is 2.16. The van der Waals surface area contributed by atoms with Crippen molar-refractivity contribution in [2.24, 2.45) is 0 Å². The number of hydrogen-bond donors (Lipinski definition) is 1. The number of aromatic nitrogens is 2. The summed E-state index contributed by atoms with van der Waals surface area (Å²) in [6, 6.07) is 7.95. The summed E-state index contributed by atoms with van der Waals surface area (Å²) in [5.74, 6) is -0.0187. The Morgan fingerprint density at radius 1 is 1.40 bits per heavy atom. The molecule has 1 N–H and O–H groups in total. The second-order valence-electron chi connectivity index (χ2n) is 4.66. The van der Waals surface area contributed by atoms with Gasteiger partial charge in [0.25, 0.3) is 0 Å². The Labute approximate surface area is 118 Å². The number of fused-ring (bicyclic) bond motifs is 1. The molecule has 0 unspecified atom stereocenters. The zero-order valence-corrected chi connectivity index (χ0v) is 12.1. The molecule has 5 nitrogen and oxygen atoms in total. The van der Waals surface area contributed by atoms with Crippen molar-refractivity contribution in [3.63, 3.8) is 0 Å². The summed E-state index contributed by atoms with van der Waals surface area (Å²) in [6.45, 7) is 6.20. The Balaban J connectivity index is 1.90. The van der Waals surface area contributed by atoms with Crippen LogP contribution in [-0.2, 0) is 16.1 Å². The van der Waals surface area contributed by atoms with Gasteiger partial charge in [0.05, 0.1) is 11.2 Å². The minimum atomic E-state index is -0.0187. The van der Waals surface area contributed by atoms with Crippen LogP contribution >= 0.6 is 0 Å². The summed E-state index contributed by atoms with van der Waals surface area (Å²) >= 11 is 0. The number of hydrogen-bond acceptors (Lipinski definition) is 3. The third-order valence-corrected chi connectivity index (χ3v) is 3.13. The van der Waals surface area contributed by atoms with E-state index in [9.17, 15) is 4.79 Å². The highest BCUT2D eigenvalue weighted by molar-refractivity contribution is 5.84. The van der Waals surface area contributed by atoms with Crippen molar-refractivity contribution >= 4 is 16.8 Å². The molecule has 0 saturated carbocycles.